The molecule has 0 bridgehead atoms. The summed E-state index contributed by atoms with van der Waals surface area (Å²) < 4.78 is 97.7. The van der Waals surface area contributed by atoms with Crippen LogP contribution in [0.15, 0.2) is 126 Å². The van der Waals surface area contributed by atoms with Crippen molar-refractivity contribution in [2.75, 3.05) is 88.4 Å². The van der Waals surface area contributed by atoms with Crippen LogP contribution in [0, 0.1) is 0 Å². The molecule has 2 saturated heterocycles. The lowest BCUT2D eigenvalue weighted by Gasteiger charge is -2.36. The summed E-state index contributed by atoms with van der Waals surface area (Å²) in [6.45, 7) is -2.19. The van der Waals surface area contributed by atoms with E-state index in [0.717, 1.165) is 17.7 Å². The minimum atomic E-state index is -4.16. The van der Waals surface area contributed by atoms with E-state index in [1.54, 1.807) is 78.9 Å². The molecule has 5 aromatic carbocycles. The number of ether oxygens (including phenoxy) is 7. The average molecular weight is 1100 g/mol. The number of esters is 1. The van der Waals surface area contributed by atoms with Crippen LogP contribution >= 0.6 is 0 Å². The number of aliphatic hydroxyl groups is 1. The lowest BCUT2D eigenvalue weighted by atomic mass is 9.91. The molecule has 1 amide bonds. The van der Waals surface area contributed by atoms with E-state index in [1.165, 1.54) is 30.1 Å². The van der Waals surface area contributed by atoms with Gasteiger partial charge in [0.15, 0.2) is 49.2 Å². The summed E-state index contributed by atoms with van der Waals surface area (Å²) in [5.74, 6) is -3.29. The summed E-state index contributed by atoms with van der Waals surface area (Å²) in [6, 6.07) is 28.7. The second-order valence-corrected chi connectivity index (χ2v) is 22.8. The van der Waals surface area contributed by atoms with Crippen molar-refractivity contribution < 1.29 is 69.5 Å². The maximum Gasteiger partial charge on any atom is 0.508 e. The first-order chi connectivity index (χ1) is 36.9. The molecule has 7 aromatic rings. The number of carbonyl (C=O) groups excluding carboxylic acids is 3. The third-order valence-corrected chi connectivity index (χ3v) is 16.9. The molecule has 2 unspecified atom stereocenters. The van der Waals surface area contributed by atoms with Crippen LogP contribution in [0.25, 0.3) is 32.7 Å². The van der Waals surface area contributed by atoms with Gasteiger partial charge in [-0.1, -0.05) is 66.7 Å². The number of carbonyl (C=O) groups is 3. The summed E-state index contributed by atoms with van der Waals surface area (Å²) in [6.07, 6.45) is -5.16. The molecule has 0 spiro atoms. The highest BCUT2D eigenvalue weighted by Crippen LogP contribution is 2.44. The van der Waals surface area contributed by atoms with Crippen molar-refractivity contribution >= 4 is 87.6 Å². The number of amides is 1. The Morgan fingerprint density at radius 3 is 1.96 bits per heavy atom. The quantitative estimate of drug-likeness (QED) is 0.0970. The molecule has 22 nitrogen and oxygen atoms in total. The second kappa shape index (κ2) is 22.7. The molecule has 2 N–H and O–H groups in total. The molecule has 24 heteroatoms. The zero-order chi connectivity index (χ0) is 54.6. The van der Waals surface area contributed by atoms with Gasteiger partial charge in [0.2, 0.25) is 5.60 Å². The highest BCUT2D eigenvalue weighted by atomic mass is 32.2. The maximum absolute atomic E-state index is 14.8. The third kappa shape index (κ3) is 11.3. The molecule has 0 radical (unpaired) electrons. The minimum absolute atomic E-state index is 0.0000374. The van der Waals surface area contributed by atoms with Crippen LogP contribution in [0.1, 0.15) is 29.4 Å². The molecule has 2 aliphatic heterocycles. The molecular formula is C53H57N7O15S2. The van der Waals surface area contributed by atoms with Crippen LogP contribution in [0.5, 0.6) is 0 Å². The summed E-state index contributed by atoms with van der Waals surface area (Å²) in [5, 5.41) is 18.0. The van der Waals surface area contributed by atoms with Gasteiger partial charge in [-0.15, -0.1) is 0 Å². The smallest absolute Gasteiger partial charge is 0.462 e. The van der Waals surface area contributed by atoms with Crippen LogP contribution in [0.3, 0.4) is 0 Å². The van der Waals surface area contributed by atoms with Gasteiger partial charge in [-0.3, -0.25) is 9.36 Å². The first-order valence-electron chi connectivity index (χ1n) is 24.4. The molecule has 2 fully saturated rings. The Morgan fingerprint density at radius 2 is 1.35 bits per heavy atom. The Kier molecular flexibility index (Phi) is 16.1. The zero-order valence-electron chi connectivity index (χ0n) is 42.7. The number of benzene rings is 5. The van der Waals surface area contributed by atoms with Gasteiger partial charge < -0.3 is 53.4 Å². The molecule has 4 heterocycles. The number of hydrogen-bond acceptors (Lipinski definition) is 20. The molecular weight excluding hydrogens is 1040 g/mol. The van der Waals surface area contributed by atoms with Crippen molar-refractivity contribution in [1.29, 1.82) is 0 Å². The van der Waals surface area contributed by atoms with Gasteiger partial charge in [-0.2, -0.15) is 0 Å². The topological polar surface area (TPSA) is 266 Å². The van der Waals surface area contributed by atoms with Gasteiger partial charge in [0.1, 0.15) is 38.4 Å². The Bertz CT molecular complexity index is 3550. The minimum Gasteiger partial charge on any atom is -0.462 e. The number of aromatic nitrogens is 4. The number of hydrogen-bond donors (Lipinski definition) is 2. The van der Waals surface area contributed by atoms with Crippen molar-refractivity contribution in [3.63, 3.8) is 0 Å². The molecule has 6 atom stereocenters. The van der Waals surface area contributed by atoms with Crippen LogP contribution in [0.4, 0.5) is 22.0 Å². The number of sulfone groups is 2. The number of rotatable bonds is 19. The van der Waals surface area contributed by atoms with Gasteiger partial charge in [-0.05, 0) is 42.8 Å². The average Bonchev–Trinajstić information content (AvgIpc) is 4.03. The van der Waals surface area contributed by atoms with Crippen molar-refractivity contribution in [2.24, 2.45) is 0 Å². The van der Waals surface area contributed by atoms with Crippen LogP contribution in [-0.4, -0.2) is 163 Å². The Balaban J connectivity index is 1.01. The summed E-state index contributed by atoms with van der Waals surface area (Å²) in [5.41, 5.74) is -0.951. The number of nitrogens with one attached hydrogen (secondary N) is 1. The van der Waals surface area contributed by atoms with Gasteiger partial charge in [0.05, 0.1) is 40.3 Å². The zero-order valence-corrected chi connectivity index (χ0v) is 44.3. The van der Waals surface area contributed by atoms with Gasteiger partial charge in [0, 0.05) is 80.2 Å². The van der Waals surface area contributed by atoms with E-state index in [-0.39, 0.29) is 45.9 Å². The molecule has 406 valence electrons. The highest BCUT2D eigenvalue weighted by molar-refractivity contribution is 7.92. The number of nitrogens with zero attached hydrogens (tertiary/aromatic N) is 6. The van der Waals surface area contributed by atoms with E-state index < -0.39 is 99.4 Å². The molecule has 9 rings (SSSR count). The number of imidazole rings is 1. The van der Waals surface area contributed by atoms with E-state index >= 15 is 0 Å². The fourth-order valence-corrected chi connectivity index (χ4v) is 12.1. The fourth-order valence-electron chi connectivity index (χ4n) is 9.49. The Labute approximate surface area is 443 Å². The van der Waals surface area contributed by atoms with E-state index in [0.29, 0.717) is 33.5 Å². The first-order valence-corrected chi connectivity index (χ1v) is 27.7. The molecule has 0 saturated carbocycles. The summed E-state index contributed by atoms with van der Waals surface area (Å²) in [4.78, 5) is 58.3. The molecule has 77 heavy (non-hydrogen) atoms. The predicted octanol–water partition coefficient (Wildman–Crippen LogP) is 5.33. The molecule has 0 aliphatic carbocycles. The van der Waals surface area contributed by atoms with E-state index in [2.05, 4.69) is 20.3 Å². The maximum atomic E-state index is 14.8. The predicted molar refractivity (Wildman–Crippen MR) is 282 cm³/mol. The normalized spacial score (nSPS) is 20.7. The van der Waals surface area contributed by atoms with Crippen molar-refractivity contribution in [3.8, 4) is 0 Å². The SMILES string of the molecule is COC1CCOC(O[C@H]2[C@H](n3cnc4c(NC(=O)c5ccccc5)ncnc43)O[C@H](COC(=O)OCCS(=O)(=O)c3cccc4c(N(C)C)cccc34)[C@]2(O)C(=O)OCCS(=O)(=O)c2cccc3c(N(C)C)cccc23)C1. The van der Waals surface area contributed by atoms with E-state index in [9.17, 15) is 36.3 Å². The van der Waals surface area contributed by atoms with E-state index in [1.807, 2.05) is 50.1 Å². The summed E-state index contributed by atoms with van der Waals surface area (Å²) in [7, 11) is 0.649. The lowest BCUT2D eigenvalue weighted by Crippen LogP contribution is -2.58. The largest absolute Gasteiger partial charge is 0.508 e. The lowest BCUT2D eigenvalue weighted by molar-refractivity contribution is -0.247. The highest BCUT2D eigenvalue weighted by Gasteiger charge is 2.65. The van der Waals surface area contributed by atoms with Crippen LogP contribution in [-0.2, 0) is 57.6 Å². The van der Waals surface area contributed by atoms with Crippen LogP contribution < -0.4 is 15.1 Å². The van der Waals surface area contributed by atoms with Gasteiger partial charge in [0.25, 0.3) is 5.91 Å². The van der Waals surface area contributed by atoms with Crippen LogP contribution in [0.2, 0.25) is 0 Å². The van der Waals surface area contributed by atoms with Crippen molar-refractivity contribution in [2.45, 2.75) is 59.1 Å². The first kappa shape index (κ1) is 54.5. The number of fused-ring (bicyclic) bond motifs is 3. The fraction of sp³-hybridized carbons (Fsp3) is 0.358. The van der Waals surface area contributed by atoms with Gasteiger partial charge in [-0.25, -0.2) is 41.4 Å². The third-order valence-electron chi connectivity index (χ3n) is 13.4. The number of anilines is 3. The van der Waals surface area contributed by atoms with Crippen molar-refractivity contribution in [1.82, 2.24) is 19.5 Å². The van der Waals surface area contributed by atoms with Gasteiger partial charge >= 0.3 is 12.1 Å². The Morgan fingerprint density at radius 1 is 0.753 bits per heavy atom. The second-order valence-electron chi connectivity index (χ2n) is 18.7. The summed E-state index contributed by atoms with van der Waals surface area (Å²) >= 11 is 0. The van der Waals surface area contributed by atoms with E-state index in [4.69, 9.17) is 33.2 Å². The standard InChI is InChI=1S/C53H57N7O15S2/c1-58(2)39-19-9-17-37-35(39)15-11-21-41(37)76(65,66)27-25-71-51(62)53(64)43(30-73-52(63)72-26-28-77(67,68)42-22-12-16-36-38(42)18-10-20-40(36)59(3)4)74-50(46(53)75-44-29-34(69-5)23-24-70-44)60-32-56-45-47(54-31-55-48(45)60)57-49(61)33-13-7-6-8-14-33/h6-22,31-32,34,43-44,46,50,64H,23-30H2,1-5H3,(H,54,55,57,61)/t34?,43-,44?,46+,50-,53-/m1/s1. The molecule has 2 aromatic heterocycles. The number of methoxy groups -OCH3 is 1. The Hall–Kier alpha value is -7.32. The molecule has 2 aliphatic rings. The van der Waals surface area contributed by atoms with Crippen molar-refractivity contribution in [3.05, 3.63) is 121 Å². The monoisotopic (exact) mass is 1100 g/mol.